The number of pyridine rings is 1. The second-order valence-corrected chi connectivity index (χ2v) is 8.97. The van der Waals surface area contributed by atoms with Crippen molar-refractivity contribution in [3.05, 3.63) is 65.4 Å². The van der Waals surface area contributed by atoms with Gasteiger partial charge in [-0.1, -0.05) is 24.3 Å². The molecule has 1 aliphatic rings. The Balaban J connectivity index is 1.85. The molecule has 1 aromatic heterocycles. The Labute approximate surface area is 175 Å². The summed E-state index contributed by atoms with van der Waals surface area (Å²) in [6, 6.07) is 15.3. The zero-order valence-corrected chi connectivity index (χ0v) is 18.0. The van der Waals surface area contributed by atoms with E-state index in [1.165, 1.54) is 0 Å². The first-order chi connectivity index (χ1) is 14.4. The molecule has 3 aromatic rings. The number of nitrogens with one attached hydrogen (secondary N) is 1. The minimum atomic E-state index is -3.57. The van der Waals surface area contributed by atoms with Crippen molar-refractivity contribution in [3.63, 3.8) is 0 Å². The smallest absolute Gasteiger partial charge is 0.321 e. The van der Waals surface area contributed by atoms with Crippen molar-refractivity contribution < 1.29 is 18.4 Å². The molecule has 1 aliphatic heterocycles. The van der Waals surface area contributed by atoms with Crippen LogP contribution < -0.4 is 10.6 Å². The lowest BCUT2D eigenvalue weighted by Crippen LogP contribution is -2.16. The fraction of sp³-hybridized carbons (Fsp3) is 0.217. The number of hydrogen-bond donors (Lipinski definition) is 1. The number of amides is 1. The number of nitrogens with zero attached hydrogens (tertiary/aromatic N) is 1. The molecule has 0 saturated carbocycles. The van der Waals surface area contributed by atoms with Gasteiger partial charge in [0, 0.05) is 10.9 Å². The van der Waals surface area contributed by atoms with E-state index in [0.717, 1.165) is 16.5 Å². The predicted octanol–water partition coefficient (Wildman–Crippen LogP) is 4.93. The van der Waals surface area contributed by atoms with Gasteiger partial charge in [-0.3, -0.25) is 9.36 Å². The maximum atomic E-state index is 13.4. The van der Waals surface area contributed by atoms with Crippen LogP contribution in [0.1, 0.15) is 30.7 Å². The third-order valence-electron chi connectivity index (χ3n) is 4.84. The number of aryl methyl sites for hydroxylation is 1. The molecule has 0 atom stereocenters. The van der Waals surface area contributed by atoms with Crippen LogP contribution in [0.3, 0.4) is 0 Å². The van der Waals surface area contributed by atoms with Crippen LogP contribution in [0.5, 0.6) is 0 Å². The molecule has 7 heteroatoms. The second kappa shape index (κ2) is 8.15. The molecule has 0 radical (unpaired) electrons. The molecule has 0 bridgehead atoms. The van der Waals surface area contributed by atoms with Crippen LogP contribution >= 0.6 is 7.60 Å². The Morgan fingerprint density at radius 2 is 1.80 bits per heavy atom. The van der Waals surface area contributed by atoms with Crippen LogP contribution in [0.2, 0.25) is 0 Å². The van der Waals surface area contributed by atoms with E-state index in [-0.39, 0.29) is 19.1 Å². The van der Waals surface area contributed by atoms with E-state index in [4.69, 9.17) is 9.05 Å². The van der Waals surface area contributed by atoms with Gasteiger partial charge in [0.1, 0.15) is 0 Å². The number of anilines is 1. The summed E-state index contributed by atoms with van der Waals surface area (Å²) < 4.78 is 24.5. The van der Waals surface area contributed by atoms with E-state index in [1.54, 1.807) is 26.0 Å². The van der Waals surface area contributed by atoms with Gasteiger partial charge in [-0.25, -0.2) is 4.98 Å². The number of rotatable bonds is 6. The molecule has 0 unspecified atom stereocenters. The number of carbonyl (C=O) groups is 1. The van der Waals surface area contributed by atoms with E-state index in [9.17, 15) is 9.36 Å². The Hall–Kier alpha value is -2.79. The van der Waals surface area contributed by atoms with Gasteiger partial charge in [-0.15, -0.1) is 0 Å². The van der Waals surface area contributed by atoms with Gasteiger partial charge in [0.15, 0.2) is 0 Å². The van der Waals surface area contributed by atoms with E-state index in [0.29, 0.717) is 27.8 Å². The first-order valence-electron chi connectivity index (χ1n) is 9.88. The lowest BCUT2D eigenvalue weighted by atomic mass is 10.0. The van der Waals surface area contributed by atoms with E-state index < -0.39 is 7.60 Å². The SMILES string of the molecule is CCOP(=O)(OCC)c1cc(C)cc2c1NC(=O)/C2=C/c1ccc2ccccc2n1. The van der Waals surface area contributed by atoms with Crippen LogP contribution in [0, 0.1) is 6.92 Å². The van der Waals surface area contributed by atoms with E-state index in [2.05, 4.69) is 10.3 Å². The number of para-hydroxylation sites is 1. The molecule has 1 amide bonds. The highest BCUT2D eigenvalue weighted by molar-refractivity contribution is 7.62. The number of fused-ring (bicyclic) bond motifs is 2. The molecule has 30 heavy (non-hydrogen) atoms. The average molecular weight is 422 g/mol. The van der Waals surface area contributed by atoms with Crippen LogP contribution in [0.4, 0.5) is 5.69 Å². The van der Waals surface area contributed by atoms with Gasteiger partial charge in [0.05, 0.1) is 41.0 Å². The minimum absolute atomic E-state index is 0.234. The van der Waals surface area contributed by atoms with Gasteiger partial charge in [-0.2, -0.15) is 0 Å². The molecule has 0 aliphatic carbocycles. The zero-order chi connectivity index (χ0) is 21.3. The maximum absolute atomic E-state index is 13.4. The fourth-order valence-electron chi connectivity index (χ4n) is 3.60. The van der Waals surface area contributed by atoms with Crippen molar-refractivity contribution in [1.29, 1.82) is 0 Å². The summed E-state index contributed by atoms with van der Waals surface area (Å²) in [4.78, 5) is 17.5. The molecular weight excluding hydrogens is 399 g/mol. The normalized spacial score (nSPS) is 14.9. The summed E-state index contributed by atoms with van der Waals surface area (Å²) in [6.07, 6.45) is 1.75. The summed E-state index contributed by atoms with van der Waals surface area (Å²) in [5.74, 6) is -0.272. The van der Waals surface area contributed by atoms with Crippen LogP contribution in [-0.2, 0) is 18.4 Å². The molecule has 0 fully saturated rings. The zero-order valence-electron chi connectivity index (χ0n) is 17.1. The highest BCUT2D eigenvalue weighted by Crippen LogP contribution is 2.51. The van der Waals surface area contributed by atoms with Gasteiger partial charge in [0.2, 0.25) is 0 Å². The largest absolute Gasteiger partial charge is 0.363 e. The lowest BCUT2D eigenvalue weighted by molar-refractivity contribution is -0.110. The second-order valence-electron chi connectivity index (χ2n) is 6.98. The van der Waals surface area contributed by atoms with Crippen molar-refractivity contribution >= 4 is 47.0 Å². The summed E-state index contributed by atoms with van der Waals surface area (Å²) in [7, 11) is -3.57. The molecule has 1 N–H and O–H groups in total. The summed E-state index contributed by atoms with van der Waals surface area (Å²) >= 11 is 0. The molecule has 6 nitrogen and oxygen atoms in total. The predicted molar refractivity (Wildman–Crippen MR) is 120 cm³/mol. The first kappa shape index (κ1) is 20.5. The highest BCUT2D eigenvalue weighted by atomic mass is 31.2. The van der Waals surface area contributed by atoms with Gasteiger partial charge in [0.25, 0.3) is 5.91 Å². The molecule has 0 spiro atoms. The maximum Gasteiger partial charge on any atom is 0.363 e. The van der Waals surface area contributed by atoms with Crippen LogP contribution in [0.25, 0.3) is 22.6 Å². The third-order valence-corrected chi connectivity index (χ3v) is 6.98. The molecular formula is C23H23N2O4P. The molecule has 4 rings (SSSR count). The van der Waals surface area contributed by atoms with Crippen molar-refractivity contribution in [2.45, 2.75) is 20.8 Å². The Morgan fingerprint density at radius 3 is 2.53 bits per heavy atom. The highest BCUT2D eigenvalue weighted by Gasteiger charge is 2.36. The van der Waals surface area contributed by atoms with Gasteiger partial charge in [-0.05, 0) is 56.7 Å². The van der Waals surface area contributed by atoms with Gasteiger partial charge < -0.3 is 14.4 Å². The van der Waals surface area contributed by atoms with Gasteiger partial charge >= 0.3 is 7.60 Å². The Kier molecular flexibility index (Phi) is 5.56. The minimum Gasteiger partial charge on any atom is -0.321 e. The Morgan fingerprint density at radius 1 is 1.07 bits per heavy atom. The fourth-order valence-corrected chi connectivity index (χ4v) is 5.44. The number of carbonyl (C=O) groups excluding carboxylic acids is 1. The molecule has 0 saturated heterocycles. The summed E-state index contributed by atoms with van der Waals surface area (Å²) in [5.41, 5.74) is 4.00. The van der Waals surface area contributed by atoms with Crippen LogP contribution in [-0.4, -0.2) is 24.1 Å². The van der Waals surface area contributed by atoms with Crippen LogP contribution in [0.15, 0.2) is 48.5 Å². The number of hydrogen-bond acceptors (Lipinski definition) is 5. The monoisotopic (exact) mass is 422 g/mol. The quantitative estimate of drug-likeness (QED) is 0.450. The molecule has 154 valence electrons. The standard InChI is InChI=1S/C23H23N2O4P/c1-4-28-30(27,29-5-2)21-13-15(3)12-18-19(23(26)25-22(18)21)14-17-11-10-16-8-6-7-9-20(16)24-17/h6-14H,4-5H2,1-3H3,(H,25,26)/b19-14+. The lowest BCUT2D eigenvalue weighted by Gasteiger charge is -2.20. The van der Waals surface area contributed by atoms with Crippen molar-refractivity contribution in [1.82, 2.24) is 4.98 Å². The average Bonchev–Trinajstić information content (AvgIpc) is 3.03. The molecule has 2 heterocycles. The third kappa shape index (κ3) is 3.70. The van der Waals surface area contributed by atoms with Crippen molar-refractivity contribution in [2.24, 2.45) is 0 Å². The molecule has 2 aromatic carbocycles. The van der Waals surface area contributed by atoms with E-state index >= 15 is 0 Å². The number of benzene rings is 2. The summed E-state index contributed by atoms with van der Waals surface area (Å²) in [5, 5.41) is 4.27. The number of aromatic nitrogens is 1. The van der Waals surface area contributed by atoms with E-state index in [1.807, 2.05) is 49.4 Å². The first-order valence-corrected chi connectivity index (χ1v) is 11.4. The topological polar surface area (TPSA) is 77.5 Å². The van der Waals surface area contributed by atoms with Crippen molar-refractivity contribution in [2.75, 3.05) is 18.5 Å². The Bertz CT molecular complexity index is 1210. The van der Waals surface area contributed by atoms with Crippen molar-refractivity contribution in [3.8, 4) is 0 Å². The summed E-state index contributed by atoms with van der Waals surface area (Å²) in [6.45, 7) is 5.88.